The van der Waals surface area contributed by atoms with E-state index in [1.165, 1.54) is 25.7 Å². The van der Waals surface area contributed by atoms with E-state index >= 15 is 0 Å². The summed E-state index contributed by atoms with van der Waals surface area (Å²) in [6.07, 6.45) is 7.00. The van der Waals surface area contributed by atoms with Crippen LogP contribution in [0.1, 0.15) is 45.4 Å². The molecule has 0 aromatic rings. The highest BCUT2D eigenvalue weighted by Crippen LogP contribution is 2.30. The molecular weight excluding hydrogens is 212 g/mol. The molecule has 1 aliphatic carbocycles. The van der Waals surface area contributed by atoms with Gasteiger partial charge in [-0.3, -0.25) is 4.79 Å². The second-order valence-electron chi connectivity index (χ2n) is 5.87. The van der Waals surface area contributed by atoms with Crippen molar-refractivity contribution in [2.45, 2.75) is 45.4 Å². The van der Waals surface area contributed by atoms with Crippen molar-refractivity contribution in [1.82, 2.24) is 10.6 Å². The molecule has 3 nitrogen and oxygen atoms in total. The van der Waals surface area contributed by atoms with Crippen LogP contribution in [0.4, 0.5) is 0 Å². The molecule has 2 rings (SSSR count). The summed E-state index contributed by atoms with van der Waals surface area (Å²) in [6.45, 7) is 5.45. The van der Waals surface area contributed by atoms with Gasteiger partial charge in [0.25, 0.3) is 0 Å². The minimum absolute atomic E-state index is 0.260. The van der Waals surface area contributed by atoms with Gasteiger partial charge in [0.2, 0.25) is 5.91 Å². The van der Waals surface area contributed by atoms with E-state index in [2.05, 4.69) is 17.6 Å². The van der Waals surface area contributed by atoms with Crippen LogP contribution in [0.5, 0.6) is 0 Å². The van der Waals surface area contributed by atoms with E-state index in [1.54, 1.807) is 0 Å². The summed E-state index contributed by atoms with van der Waals surface area (Å²) in [5.74, 6) is 2.52. The van der Waals surface area contributed by atoms with Crippen LogP contribution in [-0.4, -0.2) is 25.5 Å². The summed E-state index contributed by atoms with van der Waals surface area (Å²) in [4.78, 5) is 11.7. The Morgan fingerprint density at radius 1 is 1.35 bits per heavy atom. The molecule has 3 atom stereocenters. The van der Waals surface area contributed by atoms with Crippen LogP contribution < -0.4 is 10.6 Å². The van der Waals surface area contributed by atoms with Crippen LogP contribution in [0.2, 0.25) is 0 Å². The summed E-state index contributed by atoms with van der Waals surface area (Å²) in [5, 5.41) is 6.47. The minimum atomic E-state index is 0.260. The lowest BCUT2D eigenvalue weighted by molar-refractivity contribution is -0.121. The number of hydrogen-bond acceptors (Lipinski definition) is 2. The molecule has 2 N–H and O–H groups in total. The van der Waals surface area contributed by atoms with Crippen molar-refractivity contribution >= 4 is 5.91 Å². The van der Waals surface area contributed by atoms with E-state index < -0.39 is 0 Å². The first-order valence-electron chi connectivity index (χ1n) is 7.23. The van der Waals surface area contributed by atoms with Crippen LogP contribution in [0.25, 0.3) is 0 Å². The Morgan fingerprint density at radius 2 is 2.24 bits per heavy atom. The molecule has 98 valence electrons. The molecule has 1 saturated heterocycles. The van der Waals surface area contributed by atoms with Crippen LogP contribution in [0.3, 0.4) is 0 Å². The van der Waals surface area contributed by atoms with Gasteiger partial charge >= 0.3 is 0 Å². The van der Waals surface area contributed by atoms with E-state index in [4.69, 9.17) is 0 Å². The van der Waals surface area contributed by atoms with Crippen molar-refractivity contribution in [2.24, 2.45) is 17.8 Å². The lowest BCUT2D eigenvalue weighted by Crippen LogP contribution is -2.30. The summed E-state index contributed by atoms with van der Waals surface area (Å²) < 4.78 is 0. The average Bonchev–Trinajstić information content (AvgIpc) is 2.95. The fourth-order valence-corrected chi connectivity index (χ4v) is 3.15. The number of carbonyl (C=O) groups is 1. The molecule has 1 aliphatic heterocycles. The van der Waals surface area contributed by atoms with Crippen LogP contribution >= 0.6 is 0 Å². The molecule has 1 heterocycles. The molecule has 2 aliphatic rings. The molecule has 0 radical (unpaired) electrons. The molecule has 2 fully saturated rings. The Bertz CT molecular complexity index is 249. The molecular formula is C14H26N2O. The van der Waals surface area contributed by atoms with Gasteiger partial charge in [-0.25, -0.2) is 0 Å². The topological polar surface area (TPSA) is 41.1 Å². The first kappa shape index (κ1) is 12.9. The molecule has 0 bridgehead atoms. The van der Waals surface area contributed by atoms with E-state index in [0.29, 0.717) is 6.42 Å². The van der Waals surface area contributed by atoms with E-state index in [9.17, 15) is 4.79 Å². The zero-order chi connectivity index (χ0) is 12.1. The predicted molar refractivity (Wildman–Crippen MR) is 69.7 cm³/mol. The van der Waals surface area contributed by atoms with Crippen LogP contribution in [-0.2, 0) is 4.79 Å². The highest BCUT2D eigenvalue weighted by molar-refractivity contribution is 5.75. The molecule has 17 heavy (non-hydrogen) atoms. The quantitative estimate of drug-likeness (QED) is 0.768. The standard InChI is InChI=1S/C14H26N2O/c1-11-3-2-4-13(11)10-16-14(17)6-5-12-7-8-15-9-12/h11-13,15H,2-10H2,1H3,(H,16,17). The van der Waals surface area contributed by atoms with Gasteiger partial charge in [0, 0.05) is 13.0 Å². The first-order chi connectivity index (χ1) is 8.25. The largest absolute Gasteiger partial charge is 0.356 e. The van der Waals surface area contributed by atoms with Gasteiger partial charge in [-0.1, -0.05) is 19.8 Å². The Kier molecular flexibility index (Phi) is 4.84. The molecule has 3 heteroatoms. The third-order valence-electron chi connectivity index (χ3n) is 4.54. The molecule has 1 saturated carbocycles. The zero-order valence-corrected chi connectivity index (χ0v) is 11.0. The second kappa shape index (κ2) is 6.39. The fourth-order valence-electron chi connectivity index (χ4n) is 3.15. The van der Waals surface area contributed by atoms with Crippen molar-refractivity contribution < 1.29 is 4.79 Å². The number of hydrogen-bond donors (Lipinski definition) is 2. The number of amides is 1. The van der Waals surface area contributed by atoms with Crippen molar-refractivity contribution in [3.05, 3.63) is 0 Å². The molecule has 0 aromatic heterocycles. The Balaban J connectivity index is 1.57. The Labute approximate surface area is 105 Å². The minimum Gasteiger partial charge on any atom is -0.356 e. The normalized spacial score (nSPS) is 32.9. The zero-order valence-electron chi connectivity index (χ0n) is 11.0. The molecule has 1 amide bonds. The van der Waals surface area contributed by atoms with Gasteiger partial charge in [-0.15, -0.1) is 0 Å². The van der Waals surface area contributed by atoms with Crippen molar-refractivity contribution in [1.29, 1.82) is 0 Å². The number of nitrogens with one attached hydrogen (secondary N) is 2. The lowest BCUT2D eigenvalue weighted by Gasteiger charge is -2.16. The van der Waals surface area contributed by atoms with E-state index in [1.807, 2.05) is 0 Å². The van der Waals surface area contributed by atoms with Crippen molar-refractivity contribution in [3.63, 3.8) is 0 Å². The highest BCUT2D eigenvalue weighted by atomic mass is 16.1. The van der Waals surface area contributed by atoms with Gasteiger partial charge in [-0.2, -0.15) is 0 Å². The summed E-state index contributed by atoms with van der Waals surface area (Å²) in [6, 6.07) is 0. The summed E-state index contributed by atoms with van der Waals surface area (Å²) in [5.41, 5.74) is 0. The number of rotatable bonds is 5. The van der Waals surface area contributed by atoms with Gasteiger partial charge in [0.15, 0.2) is 0 Å². The third-order valence-corrected chi connectivity index (χ3v) is 4.54. The monoisotopic (exact) mass is 238 g/mol. The van der Waals surface area contributed by atoms with E-state index in [0.717, 1.165) is 43.8 Å². The Hall–Kier alpha value is -0.570. The molecule has 3 unspecified atom stereocenters. The van der Waals surface area contributed by atoms with Crippen molar-refractivity contribution in [2.75, 3.05) is 19.6 Å². The molecule has 0 aromatic carbocycles. The second-order valence-corrected chi connectivity index (χ2v) is 5.87. The SMILES string of the molecule is CC1CCCC1CNC(=O)CCC1CCNC1. The maximum atomic E-state index is 11.7. The predicted octanol–water partition coefficient (Wildman–Crippen LogP) is 1.93. The maximum absolute atomic E-state index is 11.7. The number of carbonyl (C=O) groups excluding carboxylic acids is 1. The summed E-state index contributed by atoms with van der Waals surface area (Å²) in [7, 11) is 0. The Morgan fingerprint density at radius 3 is 2.88 bits per heavy atom. The van der Waals surface area contributed by atoms with Crippen LogP contribution in [0.15, 0.2) is 0 Å². The maximum Gasteiger partial charge on any atom is 0.220 e. The van der Waals surface area contributed by atoms with Gasteiger partial charge < -0.3 is 10.6 Å². The molecule has 0 spiro atoms. The average molecular weight is 238 g/mol. The van der Waals surface area contributed by atoms with Crippen LogP contribution in [0, 0.1) is 17.8 Å². The van der Waals surface area contributed by atoms with Crippen molar-refractivity contribution in [3.8, 4) is 0 Å². The highest BCUT2D eigenvalue weighted by Gasteiger charge is 2.23. The smallest absolute Gasteiger partial charge is 0.220 e. The van der Waals surface area contributed by atoms with Gasteiger partial charge in [0.1, 0.15) is 0 Å². The third kappa shape index (κ3) is 3.98. The lowest BCUT2D eigenvalue weighted by atomic mass is 9.98. The summed E-state index contributed by atoms with van der Waals surface area (Å²) >= 11 is 0. The fraction of sp³-hybridized carbons (Fsp3) is 0.929. The van der Waals surface area contributed by atoms with Gasteiger partial charge in [-0.05, 0) is 50.1 Å². The van der Waals surface area contributed by atoms with E-state index in [-0.39, 0.29) is 5.91 Å². The first-order valence-corrected chi connectivity index (χ1v) is 7.23. The van der Waals surface area contributed by atoms with Gasteiger partial charge in [0.05, 0.1) is 0 Å².